The van der Waals surface area contributed by atoms with E-state index in [0.29, 0.717) is 28.4 Å². The van der Waals surface area contributed by atoms with Gasteiger partial charge in [0.25, 0.3) is 11.7 Å². The fraction of sp³-hybridized carbons (Fsp3) is 0.192. The van der Waals surface area contributed by atoms with Crippen molar-refractivity contribution in [3.05, 3.63) is 89.3 Å². The van der Waals surface area contributed by atoms with Gasteiger partial charge in [-0.25, -0.2) is 0 Å². The lowest BCUT2D eigenvalue weighted by atomic mass is 9.94. The zero-order valence-electron chi connectivity index (χ0n) is 19.0. The summed E-state index contributed by atoms with van der Waals surface area (Å²) in [5.74, 6) is -0.461. The van der Waals surface area contributed by atoms with Crippen LogP contribution in [0, 0.1) is 0 Å². The molecule has 1 fully saturated rings. The normalized spacial score (nSPS) is 17.0. The van der Waals surface area contributed by atoms with E-state index in [2.05, 4.69) is 4.98 Å². The van der Waals surface area contributed by atoms with Crippen LogP contribution in [0.3, 0.4) is 0 Å². The maximum Gasteiger partial charge on any atom is 0.295 e. The molecule has 0 radical (unpaired) electrons. The van der Waals surface area contributed by atoms with Crippen LogP contribution in [0.1, 0.15) is 22.7 Å². The van der Waals surface area contributed by atoms with Crippen LogP contribution in [0.15, 0.2) is 72.6 Å². The quantitative estimate of drug-likeness (QED) is 0.326. The van der Waals surface area contributed by atoms with Crippen molar-refractivity contribution in [1.29, 1.82) is 0 Å². The molecule has 4 rings (SSSR count). The van der Waals surface area contributed by atoms with Gasteiger partial charge in [0.2, 0.25) is 0 Å². The summed E-state index contributed by atoms with van der Waals surface area (Å²) in [5, 5.41) is 11.3. The number of aliphatic hydroxyl groups is 1. The third kappa shape index (κ3) is 4.05. The number of para-hydroxylation sites is 1. The Morgan fingerprint density at radius 2 is 1.59 bits per heavy atom. The number of Topliss-reactive ketones (excluding diaryl/α,β-unsaturated/α-hetero) is 1. The molecule has 1 amide bonds. The second kappa shape index (κ2) is 9.66. The highest BCUT2D eigenvalue weighted by molar-refractivity contribution is 6.46. The van der Waals surface area contributed by atoms with Crippen molar-refractivity contribution < 1.29 is 28.9 Å². The molecule has 0 aliphatic carbocycles. The van der Waals surface area contributed by atoms with Crippen LogP contribution >= 0.6 is 0 Å². The van der Waals surface area contributed by atoms with Crippen molar-refractivity contribution in [3.8, 4) is 17.2 Å². The Hall–Kier alpha value is -4.33. The van der Waals surface area contributed by atoms with E-state index >= 15 is 0 Å². The van der Waals surface area contributed by atoms with Crippen LogP contribution in [0.2, 0.25) is 0 Å². The summed E-state index contributed by atoms with van der Waals surface area (Å²) in [6.45, 7) is 0.151. The molecule has 1 saturated heterocycles. The van der Waals surface area contributed by atoms with E-state index in [1.807, 2.05) is 0 Å². The number of hydrogen-bond acceptors (Lipinski definition) is 7. The third-order valence-corrected chi connectivity index (χ3v) is 5.73. The van der Waals surface area contributed by atoms with Crippen LogP contribution < -0.4 is 14.2 Å². The number of rotatable bonds is 7. The summed E-state index contributed by atoms with van der Waals surface area (Å²) in [7, 11) is 4.50. The van der Waals surface area contributed by atoms with Gasteiger partial charge in [0.1, 0.15) is 11.5 Å². The molecule has 8 nitrogen and oxygen atoms in total. The van der Waals surface area contributed by atoms with Crippen LogP contribution in [0.4, 0.5) is 0 Å². The molecule has 1 aliphatic heterocycles. The van der Waals surface area contributed by atoms with Gasteiger partial charge in [-0.2, -0.15) is 0 Å². The number of likely N-dealkylation sites (tertiary alicyclic amines) is 1. The largest absolute Gasteiger partial charge is 0.507 e. The van der Waals surface area contributed by atoms with Gasteiger partial charge in [-0.3, -0.25) is 14.6 Å². The van der Waals surface area contributed by atoms with Crippen LogP contribution in [0.5, 0.6) is 17.2 Å². The van der Waals surface area contributed by atoms with Gasteiger partial charge in [-0.15, -0.1) is 0 Å². The van der Waals surface area contributed by atoms with Gasteiger partial charge in [0.15, 0.2) is 11.5 Å². The van der Waals surface area contributed by atoms with E-state index in [4.69, 9.17) is 14.2 Å². The number of ketones is 1. The zero-order valence-corrected chi connectivity index (χ0v) is 19.0. The van der Waals surface area contributed by atoms with Crippen molar-refractivity contribution in [2.24, 2.45) is 0 Å². The van der Waals surface area contributed by atoms with E-state index in [1.165, 1.54) is 26.2 Å². The van der Waals surface area contributed by atoms with E-state index in [9.17, 15) is 14.7 Å². The number of hydrogen-bond donors (Lipinski definition) is 1. The molecule has 1 N–H and O–H groups in total. The number of aromatic nitrogens is 1. The maximum absolute atomic E-state index is 13.3. The molecule has 1 atom stereocenters. The van der Waals surface area contributed by atoms with Crippen LogP contribution in [-0.2, 0) is 16.1 Å². The number of methoxy groups -OCH3 is 3. The molecule has 2 heterocycles. The van der Waals surface area contributed by atoms with E-state index < -0.39 is 17.7 Å². The van der Waals surface area contributed by atoms with Crippen LogP contribution in [-0.4, -0.2) is 48.0 Å². The number of benzene rings is 2. The van der Waals surface area contributed by atoms with Crippen molar-refractivity contribution in [2.75, 3.05) is 21.3 Å². The van der Waals surface area contributed by atoms with Crippen molar-refractivity contribution in [1.82, 2.24) is 9.88 Å². The second-order valence-electron chi connectivity index (χ2n) is 7.59. The SMILES string of the molecule is COc1ccc(/C(O)=C2\C(=O)C(=O)N(Cc3ccncc3)C2c2ccccc2OC)cc1OC. The Morgan fingerprint density at radius 1 is 0.912 bits per heavy atom. The Morgan fingerprint density at radius 3 is 2.26 bits per heavy atom. The fourth-order valence-electron chi connectivity index (χ4n) is 4.08. The summed E-state index contributed by atoms with van der Waals surface area (Å²) in [5.41, 5.74) is 1.67. The smallest absolute Gasteiger partial charge is 0.295 e. The highest BCUT2D eigenvalue weighted by Gasteiger charge is 2.47. The lowest BCUT2D eigenvalue weighted by Crippen LogP contribution is -2.29. The maximum atomic E-state index is 13.3. The lowest BCUT2D eigenvalue weighted by Gasteiger charge is -2.26. The highest BCUT2D eigenvalue weighted by atomic mass is 16.5. The topological polar surface area (TPSA) is 98.2 Å². The zero-order chi connectivity index (χ0) is 24.2. The number of aliphatic hydroxyl groups excluding tert-OH is 1. The predicted molar refractivity (Wildman–Crippen MR) is 125 cm³/mol. The molecule has 8 heteroatoms. The molecule has 0 bridgehead atoms. The average molecular weight is 460 g/mol. The molecular weight excluding hydrogens is 436 g/mol. The molecule has 0 spiro atoms. The van der Waals surface area contributed by atoms with Crippen molar-refractivity contribution >= 4 is 17.4 Å². The molecule has 1 aromatic heterocycles. The molecule has 174 valence electrons. The van der Waals surface area contributed by atoms with E-state index in [0.717, 1.165) is 5.56 Å². The summed E-state index contributed by atoms with van der Waals surface area (Å²) >= 11 is 0. The first kappa shape index (κ1) is 22.8. The highest BCUT2D eigenvalue weighted by Crippen LogP contribution is 2.44. The Kier molecular flexibility index (Phi) is 6.49. The van der Waals surface area contributed by atoms with E-state index in [-0.39, 0.29) is 17.9 Å². The first-order chi connectivity index (χ1) is 16.5. The average Bonchev–Trinajstić information content (AvgIpc) is 3.13. The monoisotopic (exact) mass is 460 g/mol. The molecule has 1 aliphatic rings. The molecule has 1 unspecified atom stereocenters. The lowest BCUT2D eigenvalue weighted by molar-refractivity contribution is -0.140. The predicted octanol–water partition coefficient (Wildman–Crippen LogP) is 3.73. The molecule has 34 heavy (non-hydrogen) atoms. The standard InChI is InChI=1S/C26H24N2O6/c1-32-19-7-5-4-6-18(19)23-22(24(29)17-8-9-20(33-2)21(14-17)34-3)25(30)26(31)28(23)15-16-10-12-27-13-11-16/h4-14,23,29H,15H2,1-3H3/b24-22+. The number of carbonyl (C=O) groups is 2. The molecule has 3 aromatic rings. The number of nitrogens with zero attached hydrogens (tertiary/aromatic N) is 2. The van der Waals surface area contributed by atoms with Crippen LogP contribution in [0.25, 0.3) is 5.76 Å². The van der Waals surface area contributed by atoms with Crippen molar-refractivity contribution in [3.63, 3.8) is 0 Å². The number of pyridine rings is 1. The number of ether oxygens (including phenoxy) is 3. The van der Waals surface area contributed by atoms with Gasteiger partial charge >= 0.3 is 0 Å². The Balaban J connectivity index is 1.91. The number of carbonyl (C=O) groups excluding carboxylic acids is 2. The molecule has 0 saturated carbocycles. The van der Waals surface area contributed by atoms with Gasteiger partial charge in [-0.05, 0) is 42.0 Å². The third-order valence-electron chi connectivity index (χ3n) is 5.73. The minimum absolute atomic E-state index is 0.0317. The second-order valence-corrected chi connectivity index (χ2v) is 7.59. The van der Waals surface area contributed by atoms with Gasteiger partial charge in [0, 0.05) is 30.1 Å². The first-order valence-corrected chi connectivity index (χ1v) is 10.5. The molecule has 2 aromatic carbocycles. The fourth-order valence-corrected chi connectivity index (χ4v) is 4.08. The van der Waals surface area contributed by atoms with E-state index in [1.54, 1.807) is 67.0 Å². The van der Waals surface area contributed by atoms with Gasteiger partial charge in [0.05, 0.1) is 32.9 Å². The minimum atomic E-state index is -0.864. The first-order valence-electron chi connectivity index (χ1n) is 10.5. The van der Waals surface area contributed by atoms with Crippen molar-refractivity contribution in [2.45, 2.75) is 12.6 Å². The summed E-state index contributed by atoms with van der Waals surface area (Å²) in [6, 6.07) is 14.6. The minimum Gasteiger partial charge on any atom is -0.507 e. The van der Waals surface area contributed by atoms with Gasteiger partial charge < -0.3 is 24.2 Å². The van der Waals surface area contributed by atoms with Gasteiger partial charge in [-0.1, -0.05) is 18.2 Å². The Bertz CT molecular complexity index is 1260. The Labute approximate surface area is 197 Å². The summed E-state index contributed by atoms with van der Waals surface area (Å²) < 4.78 is 16.1. The summed E-state index contributed by atoms with van der Waals surface area (Å²) in [6.07, 6.45) is 3.24. The number of amides is 1. The summed E-state index contributed by atoms with van der Waals surface area (Å²) in [4.78, 5) is 31.9. The molecular formula is C26H24N2O6.